The molecule has 0 aromatic carbocycles. The number of hydrogen-bond acceptors (Lipinski definition) is 3. The summed E-state index contributed by atoms with van der Waals surface area (Å²) in [6.45, 7) is 2.62. The first-order valence-corrected chi connectivity index (χ1v) is 4.08. The van der Waals surface area contributed by atoms with Gasteiger partial charge in [0.2, 0.25) is 5.91 Å². The van der Waals surface area contributed by atoms with Gasteiger partial charge in [-0.25, -0.2) is 4.79 Å². The predicted octanol–water partition coefficient (Wildman–Crippen LogP) is 0.170. The lowest BCUT2D eigenvalue weighted by Crippen LogP contribution is -2.57. The van der Waals surface area contributed by atoms with E-state index in [0.29, 0.717) is 13.0 Å². The maximum atomic E-state index is 11.0. The summed E-state index contributed by atoms with van der Waals surface area (Å²) < 4.78 is 4.55. The number of β-lactam (4-membered cyclic amide) rings is 1. The lowest BCUT2D eigenvalue weighted by molar-refractivity contribution is -0.164. The Kier molecular flexibility index (Phi) is 2.68. The topological polar surface area (TPSA) is 46.6 Å². The van der Waals surface area contributed by atoms with Gasteiger partial charge < -0.3 is 9.64 Å². The molecular formula is C8H13NO3. The van der Waals surface area contributed by atoms with Gasteiger partial charge in [0.15, 0.2) is 0 Å². The van der Waals surface area contributed by atoms with Crippen LogP contribution in [0.2, 0.25) is 0 Å². The zero-order valence-corrected chi connectivity index (χ0v) is 7.37. The van der Waals surface area contributed by atoms with E-state index in [9.17, 15) is 9.59 Å². The van der Waals surface area contributed by atoms with Crippen LogP contribution in [0.3, 0.4) is 0 Å². The Bertz CT molecular complexity index is 202. The molecule has 0 aliphatic carbocycles. The molecule has 0 N–H and O–H groups in total. The van der Waals surface area contributed by atoms with Crippen molar-refractivity contribution < 1.29 is 14.3 Å². The van der Waals surface area contributed by atoms with E-state index in [2.05, 4.69) is 4.74 Å². The molecule has 1 fully saturated rings. The summed E-state index contributed by atoms with van der Waals surface area (Å²) in [5, 5.41) is 0. The Morgan fingerprint density at radius 2 is 2.42 bits per heavy atom. The van der Waals surface area contributed by atoms with Crippen molar-refractivity contribution in [3.05, 3.63) is 0 Å². The molecule has 12 heavy (non-hydrogen) atoms. The maximum absolute atomic E-state index is 11.0. The van der Waals surface area contributed by atoms with Gasteiger partial charge in [0.05, 0.1) is 13.5 Å². The number of carbonyl (C=O) groups is 2. The lowest BCUT2D eigenvalue weighted by atomic mass is 10.0. The summed E-state index contributed by atoms with van der Waals surface area (Å²) in [7, 11) is 1.34. The summed E-state index contributed by atoms with van der Waals surface area (Å²) in [6.07, 6.45) is 1.19. The van der Waals surface area contributed by atoms with E-state index < -0.39 is 0 Å². The summed E-state index contributed by atoms with van der Waals surface area (Å²) in [5.41, 5.74) is 0. The Morgan fingerprint density at radius 1 is 1.75 bits per heavy atom. The van der Waals surface area contributed by atoms with E-state index in [1.807, 2.05) is 6.92 Å². The second-order valence-electron chi connectivity index (χ2n) is 2.83. The summed E-state index contributed by atoms with van der Waals surface area (Å²) >= 11 is 0. The van der Waals surface area contributed by atoms with Crippen molar-refractivity contribution in [2.24, 2.45) is 0 Å². The van der Waals surface area contributed by atoms with Crippen molar-refractivity contribution in [1.29, 1.82) is 0 Å². The largest absolute Gasteiger partial charge is 0.467 e. The number of methoxy groups -OCH3 is 1. The number of nitrogens with zero attached hydrogens (tertiary/aromatic N) is 1. The molecule has 1 rings (SSSR count). The van der Waals surface area contributed by atoms with Gasteiger partial charge in [-0.1, -0.05) is 6.92 Å². The molecule has 1 aliphatic heterocycles. The second kappa shape index (κ2) is 3.56. The van der Waals surface area contributed by atoms with Crippen LogP contribution in [0.1, 0.15) is 19.8 Å². The van der Waals surface area contributed by atoms with Crippen LogP contribution in [0.4, 0.5) is 0 Å². The Balaban J connectivity index is 2.47. The summed E-state index contributed by atoms with van der Waals surface area (Å²) in [4.78, 5) is 23.5. The first-order chi connectivity index (χ1) is 5.70. The molecule has 68 valence electrons. The molecule has 1 amide bonds. The normalized spacial score (nSPS) is 22.0. The highest BCUT2D eigenvalue weighted by atomic mass is 16.5. The van der Waals surface area contributed by atoms with Gasteiger partial charge >= 0.3 is 5.97 Å². The molecule has 0 aromatic heterocycles. The minimum Gasteiger partial charge on any atom is -0.467 e. The molecule has 0 aromatic rings. The highest BCUT2D eigenvalue weighted by molar-refractivity contribution is 5.94. The minimum absolute atomic E-state index is 0.0484. The zero-order chi connectivity index (χ0) is 9.14. The fraction of sp³-hybridized carbons (Fsp3) is 0.750. The highest BCUT2D eigenvalue weighted by Gasteiger charge is 2.41. The van der Waals surface area contributed by atoms with Crippen molar-refractivity contribution >= 4 is 11.9 Å². The third-order valence-electron chi connectivity index (χ3n) is 2.00. The van der Waals surface area contributed by atoms with Gasteiger partial charge in [-0.15, -0.1) is 0 Å². The molecule has 4 nitrogen and oxygen atoms in total. The van der Waals surface area contributed by atoms with Crippen molar-refractivity contribution in [3.63, 3.8) is 0 Å². The first-order valence-electron chi connectivity index (χ1n) is 4.08. The van der Waals surface area contributed by atoms with E-state index in [1.54, 1.807) is 4.90 Å². The molecular weight excluding hydrogens is 158 g/mol. The van der Waals surface area contributed by atoms with Crippen LogP contribution in [0, 0.1) is 0 Å². The number of ether oxygens (including phenoxy) is 1. The Hall–Kier alpha value is -1.06. The van der Waals surface area contributed by atoms with Gasteiger partial charge in [0.25, 0.3) is 0 Å². The van der Waals surface area contributed by atoms with Crippen LogP contribution in [0.25, 0.3) is 0 Å². The molecule has 0 bridgehead atoms. The average Bonchev–Trinajstić information content (AvgIpc) is 2.09. The van der Waals surface area contributed by atoms with E-state index in [0.717, 1.165) is 6.42 Å². The number of carbonyl (C=O) groups excluding carboxylic acids is 2. The van der Waals surface area contributed by atoms with Crippen LogP contribution in [0.5, 0.6) is 0 Å². The fourth-order valence-electron chi connectivity index (χ4n) is 1.32. The van der Waals surface area contributed by atoms with Crippen LogP contribution >= 0.6 is 0 Å². The molecule has 0 unspecified atom stereocenters. The van der Waals surface area contributed by atoms with Crippen molar-refractivity contribution in [3.8, 4) is 0 Å². The van der Waals surface area contributed by atoms with Gasteiger partial charge in [0.1, 0.15) is 6.04 Å². The van der Waals surface area contributed by atoms with Crippen LogP contribution in [0.15, 0.2) is 0 Å². The fourth-order valence-corrected chi connectivity index (χ4v) is 1.32. The standard InChI is InChI=1S/C8H13NO3/c1-3-4-9-6(5-7(9)10)8(11)12-2/h6H,3-5H2,1-2H3/t6-/m1/s1. The molecule has 1 atom stereocenters. The number of amides is 1. The molecule has 0 saturated carbocycles. The molecule has 4 heteroatoms. The molecule has 1 aliphatic rings. The Morgan fingerprint density at radius 3 is 2.83 bits per heavy atom. The smallest absolute Gasteiger partial charge is 0.329 e. The van der Waals surface area contributed by atoms with E-state index >= 15 is 0 Å². The Labute approximate surface area is 71.5 Å². The zero-order valence-electron chi connectivity index (χ0n) is 7.37. The van der Waals surface area contributed by atoms with E-state index in [1.165, 1.54) is 7.11 Å². The number of likely N-dealkylation sites (tertiary alicyclic amines) is 1. The number of esters is 1. The van der Waals surface area contributed by atoms with E-state index in [4.69, 9.17) is 0 Å². The van der Waals surface area contributed by atoms with Gasteiger partial charge in [-0.3, -0.25) is 4.79 Å². The molecule has 0 spiro atoms. The van der Waals surface area contributed by atoms with Crippen LogP contribution in [-0.4, -0.2) is 36.5 Å². The minimum atomic E-state index is -0.317. The van der Waals surface area contributed by atoms with E-state index in [-0.39, 0.29) is 17.9 Å². The lowest BCUT2D eigenvalue weighted by Gasteiger charge is -2.37. The van der Waals surface area contributed by atoms with Crippen molar-refractivity contribution in [1.82, 2.24) is 4.90 Å². The summed E-state index contributed by atoms with van der Waals surface area (Å²) in [6, 6.07) is -0.317. The number of hydrogen-bond donors (Lipinski definition) is 0. The average molecular weight is 171 g/mol. The SMILES string of the molecule is CCCN1C(=O)C[C@@H]1C(=O)OC. The second-order valence-corrected chi connectivity index (χ2v) is 2.83. The quantitative estimate of drug-likeness (QED) is 0.449. The van der Waals surface area contributed by atoms with Gasteiger partial charge in [0, 0.05) is 6.54 Å². The maximum Gasteiger partial charge on any atom is 0.329 e. The van der Waals surface area contributed by atoms with Crippen LogP contribution in [-0.2, 0) is 14.3 Å². The van der Waals surface area contributed by atoms with Crippen molar-refractivity contribution in [2.45, 2.75) is 25.8 Å². The predicted molar refractivity (Wildman–Crippen MR) is 42.4 cm³/mol. The number of rotatable bonds is 3. The monoisotopic (exact) mass is 171 g/mol. The third kappa shape index (κ3) is 1.42. The summed E-state index contributed by atoms with van der Waals surface area (Å²) in [5.74, 6) is -0.254. The first kappa shape index (κ1) is 9.03. The molecule has 1 saturated heterocycles. The third-order valence-corrected chi connectivity index (χ3v) is 2.00. The van der Waals surface area contributed by atoms with Gasteiger partial charge in [-0.05, 0) is 6.42 Å². The van der Waals surface area contributed by atoms with Crippen LogP contribution < -0.4 is 0 Å². The molecule has 1 heterocycles. The molecule has 0 radical (unpaired) electrons. The van der Waals surface area contributed by atoms with Crippen molar-refractivity contribution in [2.75, 3.05) is 13.7 Å². The van der Waals surface area contributed by atoms with Gasteiger partial charge in [-0.2, -0.15) is 0 Å². The highest BCUT2D eigenvalue weighted by Crippen LogP contribution is 2.20.